The second-order valence-corrected chi connectivity index (χ2v) is 6.65. The van der Waals surface area contributed by atoms with E-state index in [0.717, 1.165) is 25.1 Å². The Morgan fingerprint density at radius 2 is 2.04 bits per heavy atom. The van der Waals surface area contributed by atoms with E-state index in [-0.39, 0.29) is 5.91 Å². The minimum Gasteiger partial charge on any atom is -0.382 e. The fourth-order valence-corrected chi connectivity index (χ4v) is 3.13. The Morgan fingerprint density at radius 1 is 1.26 bits per heavy atom. The number of hydrogen-bond donors (Lipinski definition) is 1. The van der Waals surface area contributed by atoms with E-state index in [9.17, 15) is 4.79 Å². The van der Waals surface area contributed by atoms with Gasteiger partial charge in [0.2, 0.25) is 17.6 Å². The minimum atomic E-state index is -0.0128. The van der Waals surface area contributed by atoms with Gasteiger partial charge in [-0.25, -0.2) is 0 Å². The highest BCUT2D eigenvalue weighted by Gasteiger charge is 2.14. The lowest BCUT2D eigenvalue weighted by Crippen LogP contribution is -2.25. The van der Waals surface area contributed by atoms with Crippen molar-refractivity contribution < 1.29 is 14.1 Å². The maximum Gasteiger partial charge on any atom is 0.227 e. The number of anilines is 1. The van der Waals surface area contributed by atoms with Crippen LogP contribution in [0.25, 0.3) is 11.4 Å². The summed E-state index contributed by atoms with van der Waals surface area (Å²) in [6, 6.07) is 8.25. The van der Waals surface area contributed by atoms with E-state index in [0.29, 0.717) is 44.3 Å². The summed E-state index contributed by atoms with van der Waals surface area (Å²) in [6.07, 6.45) is 4.12. The van der Waals surface area contributed by atoms with Crippen LogP contribution in [-0.4, -0.2) is 48.9 Å². The van der Waals surface area contributed by atoms with Crippen LogP contribution in [0.4, 0.5) is 5.69 Å². The van der Waals surface area contributed by atoms with E-state index >= 15 is 0 Å². The van der Waals surface area contributed by atoms with E-state index in [1.165, 1.54) is 18.5 Å². The van der Waals surface area contributed by atoms with Crippen molar-refractivity contribution in [3.8, 4) is 11.4 Å². The molecule has 1 amide bonds. The average molecular weight is 372 g/mol. The lowest BCUT2D eigenvalue weighted by molar-refractivity contribution is -0.121. The SMILES string of the molecule is CCOCCCNC(=O)CCc1nc(-c2ccc(N3CCCC3)cc2)no1. The minimum absolute atomic E-state index is 0.0128. The molecule has 1 aromatic heterocycles. The first-order valence-corrected chi connectivity index (χ1v) is 9.78. The Hall–Kier alpha value is -2.41. The van der Waals surface area contributed by atoms with Crippen LogP contribution in [0.3, 0.4) is 0 Å². The van der Waals surface area contributed by atoms with E-state index in [4.69, 9.17) is 9.26 Å². The van der Waals surface area contributed by atoms with Crippen molar-refractivity contribution in [2.24, 2.45) is 0 Å². The summed E-state index contributed by atoms with van der Waals surface area (Å²) in [5, 5.41) is 6.91. The molecule has 0 bridgehead atoms. The van der Waals surface area contributed by atoms with E-state index in [2.05, 4.69) is 32.5 Å². The quantitative estimate of drug-likeness (QED) is 0.646. The molecule has 146 valence electrons. The van der Waals surface area contributed by atoms with Crippen LogP contribution in [0, 0.1) is 0 Å². The van der Waals surface area contributed by atoms with Gasteiger partial charge in [-0.1, -0.05) is 5.16 Å². The molecule has 0 saturated carbocycles. The summed E-state index contributed by atoms with van der Waals surface area (Å²) in [5.74, 6) is 1.04. The lowest BCUT2D eigenvalue weighted by atomic mass is 10.2. The Kier molecular flexibility index (Phi) is 7.21. The second kappa shape index (κ2) is 10.1. The van der Waals surface area contributed by atoms with Crippen LogP contribution in [0.5, 0.6) is 0 Å². The summed E-state index contributed by atoms with van der Waals surface area (Å²) < 4.78 is 10.5. The van der Waals surface area contributed by atoms with Crippen LogP contribution >= 0.6 is 0 Å². The highest BCUT2D eigenvalue weighted by Crippen LogP contribution is 2.24. The Labute approximate surface area is 160 Å². The first-order chi connectivity index (χ1) is 13.3. The number of carbonyl (C=O) groups is 1. The number of nitrogens with zero attached hydrogens (tertiary/aromatic N) is 3. The number of ether oxygens (including phenoxy) is 1. The van der Waals surface area contributed by atoms with Gasteiger partial charge in [0.15, 0.2) is 0 Å². The van der Waals surface area contributed by atoms with Gasteiger partial charge in [0.05, 0.1) is 0 Å². The van der Waals surface area contributed by atoms with Crippen molar-refractivity contribution >= 4 is 11.6 Å². The smallest absolute Gasteiger partial charge is 0.227 e. The number of aromatic nitrogens is 2. The maximum absolute atomic E-state index is 11.8. The average Bonchev–Trinajstić information content (AvgIpc) is 3.38. The monoisotopic (exact) mass is 372 g/mol. The molecule has 1 N–H and O–H groups in total. The molecule has 2 heterocycles. The van der Waals surface area contributed by atoms with Gasteiger partial charge in [0, 0.05) is 56.9 Å². The van der Waals surface area contributed by atoms with Crippen molar-refractivity contribution in [3.63, 3.8) is 0 Å². The summed E-state index contributed by atoms with van der Waals surface area (Å²) in [6.45, 7) is 6.20. The molecule has 3 rings (SSSR count). The van der Waals surface area contributed by atoms with Crippen molar-refractivity contribution in [2.75, 3.05) is 37.7 Å². The molecule has 1 aliphatic rings. The van der Waals surface area contributed by atoms with Crippen LogP contribution in [0.15, 0.2) is 28.8 Å². The molecule has 1 aliphatic heterocycles. The van der Waals surface area contributed by atoms with Gasteiger partial charge in [-0.3, -0.25) is 4.79 Å². The Bertz CT molecular complexity index is 708. The molecule has 7 nitrogen and oxygen atoms in total. The zero-order valence-corrected chi connectivity index (χ0v) is 15.9. The molecule has 0 spiro atoms. The van der Waals surface area contributed by atoms with Crippen molar-refractivity contribution in [3.05, 3.63) is 30.2 Å². The number of amides is 1. The number of benzene rings is 1. The fourth-order valence-electron chi connectivity index (χ4n) is 3.13. The van der Waals surface area contributed by atoms with Crippen LogP contribution in [0.1, 0.15) is 38.5 Å². The summed E-state index contributed by atoms with van der Waals surface area (Å²) >= 11 is 0. The van der Waals surface area contributed by atoms with E-state index in [1.807, 2.05) is 19.1 Å². The van der Waals surface area contributed by atoms with Crippen molar-refractivity contribution in [1.82, 2.24) is 15.5 Å². The van der Waals surface area contributed by atoms with E-state index in [1.54, 1.807) is 0 Å². The molecule has 0 radical (unpaired) electrons. The van der Waals surface area contributed by atoms with Gasteiger partial charge >= 0.3 is 0 Å². The van der Waals surface area contributed by atoms with Gasteiger partial charge in [-0.15, -0.1) is 0 Å². The van der Waals surface area contributed by atoms with E-state index < -0.39 is 0 Å². The first kappa shape index (κ1) is 19.4. The van der Waals surface area contributed by atoms with Gasteiger partial charge in [0.1, 0.15) is 0 Å². The third kappa shape index (κ3) is 5.79. The van der Waals surface area contributed by atoms with Crippen LogP contribution < -0.4 is 10.2 Å². The number of nitrogens with one attached hydrogen (secondary N) is 1. The normalized spacial score (nSPS) is 13.9. The number of rotatable bonds is 10. The molecule has 1 fully saturated rings. The Morgan fingerprint density at radius 3 is 2.78 bits per heavy atom. The molecule has 0 unspecified atom stereocenters. The fraction of sp³-hybridized carbons (Fsp3) is 0.550. The maximum atomic E-state index is 11.8. The van der Waals surface area contributed by atoms with Crippen molar-refractivity contribution in [1.29, 1.82) is 0 Å². The predicted octanol–water partition coefficient (Wildman–Crippen LogP) is 2.81. The van der Waals surface area contributed by atoms with Gasteiger partial charge in [-0.2, -0.15) is 4.98 Å². The largest absolute Gasteiger partial charge is 0.382 e. The van der Waals surface area contributed by atoms with Gasteiger partial charge < -0.3 is 19.5 Å². The molecule has 1 aromatic carbocycles. The molecule has 27 heavy (non-hydrogen) atoms. The second-order valence-electron chi connectivity index (χ2n) is 6.65. The molecule has 1 saturated heterocycles. The zero-order chi connectivity index (χ0) is 18.9. The molecule has 0 atom stereocenters. The van der Waals surface area contributed by atoms with Crippen LogP contribution in [-0.2, 0) is 16.0 Å². The highest BCUT2D eigenvalue weighted by atomic mass is 16.5. The van der Waals surface area contributed by atoms with Gasteiger partial charge in [0.25, 0.3) is 0 Å². The highest BCUT2D eigenvalue weighted by molar-refractivity contribution is 5.76. The number of aryl methyl sites for hydroxylation is 1. The standard InChI is InChI=1S/C20H28N4O3/c1-2-26-15-5-12-21-18(25)10-11-19-22-20(23-27-19)16-6-8-17(9-7-16)24-13-3-4-14-24/h6-9H,2-5,10-15H2,1H3,(H,21,25). The Balaban J connectivity index is 1.44. The van der Waals surface area contributed by atoms with Gasteiger partial charge in [-0.05, 0) is 50.5 Å². The molecule has 0 aliphatic carbocycles. The molecule has 2 aromatic rings. The third-order valence-corrected chi connectivity index (χ3v) is 4.62. The topological polar surface area (TPSA) is 80.5 Å². The predicted molar refractivity (Wildman–Crippen MR) is 104 cm³/mol. The third-order valence-electron chi connectivity index (χ3n) is 4.62. The lowest BCUT2D eigenvalue weighted by Gasteiger charge is -2.17. The zero-order valence-electron chi connectivity index (χ0n) is 15.9. The summed E-state index contributed by atoms with van der Waals surface area (Å²) in [7, 11) is 0. The molecular formula is C20H28N4O3. The molecular weight excluding hydrogens is 344 g/mol. The summed E-state index contributed by atoms with van der Waals surface area (Å²) in [5.41, 5.74) is 2.16. The first-order valence-electron chi connectivity index (χ1n) is 9.78. The van der Waals surface area contributed by atoms with Crippen LogP contribution in [0.2, 0.25) is 0 Å². The number of carbonyl (C=O) groups excluding carboxylic acids is 1. The number of hydrogen-bond acceptors (Lipinski definition) is 6. The van der Waals surface area contributed by atoms with Crippen molar-refractivity contribution in [2.45, 2.75) is 39.0 Å². The summed E-state index contributed by atoms with van der Waals surface area (Å²) in [4.78, 5) is 18.6. The molecule has 7 heteroatoms.